The Morgan fingerprint density at radius 3 is 2.26 bits per heavy atom. The highest BCUT2D eigenvalue weighted by atomic mass is 16.3. The van der Waals surface area contributed by atoms with Gasteiger partial charge in [0.2, 0.25) is 0 Å². The molecule has 0 saturated carbocycles. The lowest BCUT2D eigenvalue weighted by atomic mass is 9.69. The van der Waals surface area contributed by atoms with Crippen LogP contribution in [0, 0.1) is 0 Å². The first-order valence-corrected chi connectivity index (χ1v) is 19.9. The molecule has 1 heterocycles. The van der Waals surface area contributed by atoms with Gasteiger partial charge >= 0.3 is 0 Å². The molecule has 4 nitrogen and oxygen atoms in total. The lowest BCUT2D eigenvalue weighted by Gasteiger charge is -2.35. The molecule has 2 unspecified atom stereocenters. The zero-order valence-electron chi connectivity index (χ0n) is 31.8. The summed E-state index contributed by atoms with van der Waals surface area (Å²) < 4.78 is 2.40. The summed E-state index contributed by atoms with van der Waals surface area (Å²) in [4.78, 5) is 5.25. The van der Waals surface area contributed by atoms with E-state index in [-0.39, 0.29) is 11.8 Å². The van der Waals surface area contributed by atoms with Gasteiger partial charge < -0.3 is 15.4 Å². The molecule has 0 bridgehead atoms. The maximum atomic E-state index is 11.1. The highest BCUT2D eigenvalue weighted by molar-refractivity contribution is 6.19. The summed E-state index contributed by atoms with van der Waals surface area (Å²) in [5.41, 5.74) is 21.9. The molecule has 276 valence electrons. The lowest BCUT2D eigenvalue weighted by Crippen LogP contribution is -2.18. The van der Waals surface area contributed by atoms with Gasteiger partial charge in [0.1, 0.15) is 5.75 Å². The molecule has 3 N–H and O–H groups in total. The number of phenolic OH excluding ortho intramolecular Hbond substituents is 1. The molecule has 0 radical (unpaired) electrons. The molecule has 2 aliphatic carbocycles. The maximum absolute atomic E-state index is 11.1. The minimum absolute atomic E-state index is 0.0554. The van der Waals surface area contributed by atoms with Crippen LogP contribution in [0.2, 0.25) is 0 Å². The number of nitrogens with zero attached hydrogens (tertiary/aromatic N) is 2. The molecule has 0 saturated heterocycles. The van der Waals surface area contributed by atoms with E-state index in [0.29, 0.717) is 12.3 Å². The van der Waals surface area contributed by atoms with Crippen molar-refractivity contribution < 1.29 is 5.11 Å². The van der Waals surface area contributed by atoms with Gasteiger partial charge in [-0.3, -0.25) is 4.99 Å². The minimum atomic E-state index is 0.0554. The van der Waals surface area contributed by atoms with Crippen LogP contribution in [0.3, 0.4) is 0 Å². The van der Waals surface area contributed by atoms with Gasteiger partial charge in [-0.25, -0.2) is 0 Å². The highest BCUT2D eigenvalue weighted by Crippen LogP contribution is 2.53. The molecule has 58 heavy (non-hydrogen) atoms. The third-order valence-corrected chi connectivity index (χ3v) is 12.1. The number of fused-ring (bicyclic) bond motifs is 10. The Balaban J connectivity index is 0.972. The van der Waals surface area contributed by atoms with Crippen LogP contribution < -0.4 is 5.73 Å². The highest BCUT2D eigenvalue weighted by Gasteiger charge is 2.35. The summed E-state index contributed by atoms with van der Waals surface area (Å²) in [6.07, 6.45) is 6.93. The van der Waals surface area contributed by atoms with Gasteiger partial charge in [0, 0.05) is 56.1 Å². The van der Waals surface area contributed by atoms with Gasteiger partial charge in [-0.05, 0) is 75.2 Å². The number of anilines is 1. The molecule has 2 atom stereocenters. The van der Waals surface area contributed by atoms with Crippen molar-refractivity contribution in [2.24, 2.45) is 4.99 Å². The molecule has 8 aromatic carbocycles. The molecule has 11 rings (SSSR count). The smallest absolute Gasteiger partial charge is 0.120 e. The monoisotopic (exact) mass is 745 g/mol. The topological polar surface area (TPSA) is 63.5 Å². The van der Waals surface area contributed by atoms with Crippen molar-refractivity contribution in [3.8, 4) is 28.0 Å². The number of para-hydroxylation sites is 1. The summed E-state index contributed by atoms with van der Waals surface area (Å²) >= 11 is 0. The number of allylic oxidation sites excluding steroid dienone is 4. The Kier molecular flexibility index (Phi) is 7.97. The van der Waals surface area contributed by atoms with Crippen LogP contribution in [-0.2, 0) is 6.54 Å². The molecule has 0 spiro atoms. The summed E-state index contributed by atoms with van der Waals surface area (Å²) in [5.74, 6) is 0.507. The molecule has 0 fully saturated rings. The SMILES string of the molecule is Nc1c(C(=NCc2cccc(-c3ccc4c(c3)c3ccccc3n4C3=CC4c5ccccc5-c5cccc(O)c5C4C=C3)c2)c2ccccc2)ccc2ccccc12. The summed E-state index contributed by atoms with van der Waals surface area (Å²) in [6, 6.07) is 61.6. The zero-order chi connectivity index (χ0) is 38.7. The Morgan fingerprint density at radius 2 is 1.34 bits per heavy atom. The number of aliphatic imine (C=N–C) groups is 1. The van der Waals surface area contributed by atoms with E-state index in [1.54, 1.807) is 0 Å². The molecule has 0 aliphatic heterocycles. The van der Waals surface area contributed by atoms with E-state index < -0.39 is 0 Å². The van der Waals surface area contributed by atoms with Crippen LogP contribution in [0.4, 0.5) is 5.69 Å². The number of benzene rings is 8. The van der Waals surface area contributed by atoms with E-state index in [1.165, 1.54) is 27.4 Å². The third-order valence-electron chi connectivity index (χ3n) is 12.1. The minimum Gasteiger partial charge on any atom is -0.508 e. The fraction of sp³-hybridized carbons (Fsp3) is 0.0556. The van der Waals surface area contributed by atoms with Gasteiger partial charge in [0.25, 0.3) is 0 Å². The van der Waals surface area contributed by atoms with Crippen LogP contribution >= 0.6 is 0 Å². The van der Waals surface area contributed by atoms with E-state index >= 15 is 0 Å². The quantitative estimate of drug-likeness (QED) is 0.131. The van der Waals surface area contributed by atoms with Crippen molar-refractivity contribution in [2.75, 3.05) is 5.73 Å². The molecular weight excluding hydrogens is 707 g/mol. The maximum Gasteiger partial charge on any atom is 0.120 e. The largest absolute Gasteiger partial charge is 0.508 e. The second-order valence-corrected chi connectivity index (χ2v) is 15.4. The summed E-state index contributed by atoms with van der Waals surface area (Å²) in [6.45, 7) is 0.514. The molecule has 1 aromatic heterocycles. The molecule has 0 amide bonds. The van der Waals surface area contributed by atoms with Crippen molar-refractivity contribution in [3.63, 3.8) is 0 Å². The van der Waals surface area contributed by atoms with E-state index in [1.807, 2.05) is 42.5 Å². The van der Waals surface area contributed by atoms with Crippen LogP contribution in [0.25, 0.3) is 60.5 Å². The predicted molar refractivity (Wildman–Crippen MR) is 241 cm³/mol. The Hall–Kier alpha value is -7.43. The second kappa shape index (κ2) is 13.6. The Morgan fingerprint density at radius 1 is 0.603 bits per heavy atom. The second-order valence-electron chi connectivity index (χ2n) is 15.4. The summed E-state index contributed by atoms with van der Waals surface area (Å²) in [5, 5.41) is 15.7. The van der Waals surface area contributed by atoms with Crippen molar-refractivity contribution in [2.45, 2.75) is 18.4 Å². The van der Waals surface area contributed by atoms with Gasteiger partial charge in [-0.1, -0.05) is 158 Å². The van der Waals surface area contributed by atoms with Crippen molar-refractivity contribution in [1.82, 2.24) is 4.57 Å². The van der Waals surface area contributed by atoms with Gasteiger partial charge in [-0.15, -0.1) is 0 Å². The first-order valence-electron chi connectivity index (χ1n) is 19.9. The number of hydrogen-bond donors (Lipinski definition) is 2. The molecule has 4 heteroatoms. The van der Waals surface area contributed by atoms with Crippen LogP contribution in [0.15, 0.2) is 199 Å². The van der Waals surface area contributed by atoms with Crippen molar-refractivity contribution in [3.05, 3.63) is 222 Å². The number of aromatic hydroxyl groups is 1. The van der Waals surface area contributed by atoms with E-state index in [2.05, 4.69) is 156 Å². The average molecular weight is 746 g/mol. The van der Waals surface area contributed by atoms with Gasteiger partial charge in [0.15, 0.2) is 0 Å². The number of phenols is 1. The Bertz CT molecular complexity index is 3190. The average Bonchev–Trinajstić information content (AvgIpc) is 3.61. The van der Waals surface area contributed by atoms with Crippen LogP contribution in [-0.4, -0.2) is 15.4 Å². The number of rotatable bonds is 6. The van der Waals surface area contributed by atoms with E-state index in [4.69, 9.17) is 10.7 Å². The van der Waals surface area contributed by atoms with Crippen molar-refractivity contribution in [1.29, 1.82) is 0 Å². The predicted octanol–water partition coefficient (Wildman–Crippen LogP) is 12.9. The first-order chi connectivity index (χ1) is 28.6. The first kappa shape index (κ1) is 33.9. The summed E-state index contributed by atoms with van der Waals surface area (Å²) in [7, 11) is 0. The number of aromatic nitrogens is 1. The zero-order valence-corrected chi connectivity index (χ0v) is 31.8. The van der Waals surface area contributed by atoms with Gasteiger partial charge in [0.05, 0.1) is 23.3 Å². The fourth-order valence-electron chi connectivity index (χ4n) is 9.42. The standard InChI is InChI=1S/C54H39N3O/c55-53-40-17-5-4-13-35(40)24-27-46(53)54(36-14-2-1-3-15-36)56-33-34-12-10-16-37(30-34)38-25-29-50-48(31-38)43-20-8-9-22-49(43)57(50)39-26-28-45-47(32-39)42-19-7-6-18-41(42)44-21-11-23-51(58)52(44)45/h1-32,45,47,58H,33,55H2. The number of hydrogen-bond acceptors (Lipinski definition) is 3. The van der Waals surface area contributed by atoms with E-state index in [0.717, 1.165) is 72.3 Å². The lowest BCUT2D eigenvalue weighted by molar-refractivity contribution is 0.462. The normalized spacial score (nSPS) is 15.9. The Labute approximate surface area is 337 Å². The van der Waals surface area contributed by atoms with E-state index in [9.17, 15) is 5.11 Å². The fourth-order valence-corrected chi connectivity index (χ4v) is 9.42. The molecule has 2 aliphatic rings. The number of nitrogens with two attached hydrogens (primary N) is 1. The van der Waals surface area contributed by atoms with Gasteiger partial charge in [-0.2, -0.15) is 0 Å². The molecular formula is C54H39N3O. The van der Waals surface area contributed by atoms with Crippen LogP contribution in [0.5, 0.6) is 5.75 Å². The third kappa shape index (κ3) is 5.48. The van der Waals surface area contributed by atoms with Crippen molar-refractivity contribution >= 4 is 49.7 Å². The van der Waals surface area contributed by atoms with Crippen LogP contribution in [0.1, 0.15) is 39.7 Å². The number of nitrogen functional groups attached to an aromatic ring is 1. The molecule has 9 aromatic rings.